The van der Waals surface area contributed by atoms with Crippen molar-refractivity contribution in [2.45, 2.75) is 19.9 Å². The van der Waals surface area contributed by atoms with Gasteiger partial charge >= 0.3 is 0 Å². The van der Waals surface area contributed by atoms with E-state index in [0.29, 0.717) is 23.9 Å². The largest absolute Gasteiger partial charge is 0.496 e. The number of carbonyl (C=O) groups excluding carboxylic acids is 1. The molecular formula is C13H19NO2. The lowest BCUT2D eigenvalue weighted by atomic mass is 10.1. The van der Waals surface area contributed by atoms with E-state index in [1.165, 1.54) is 0 Å². The maximum Gasteiger partial charge on any atom is 0.180 e. The molecule has 0 N–H and O–H groups in total. The first kappa shape index (κ1) is 12.7. The summed E-state index contributed by atoms with van der Waals surface area (Å²) in [6.45, 7) is 4.54. The van der Waals surface area contributed by atoms with E-state index in [9.17, 15) is 4.79 Å². The number of hydrogen-bond donors (Lipinski definition) is 0. The van der Waals surface area contributed by atoms with Gasteiger partial charge in [0.25, 0.3) is 0 Å². The van der Waals surface area contributed by atoms with E-state index in [4.69, 9.17) is 4.74 Å². The van der Waals surface area contributed by atoms with Crippen LogP contribution in [0.2, 0.25) is 0 Å². The van der Waals surface area contributed by atoms with E-state index < -0.39 is 0 Å². The molecule has 1 rings (SSSR count). The van der Waals surface area contributed by atoms with Gasteiger partial charge in [-0.05, 0) is 33.0 Å². The quantitative estimate of drug-likeness (QED) is 0.714. The van der Waals surface area contributed by atoms with Crippen LogP contribution in [-0.4, -0.2) is 37.4 Å². The highest BCUT2D eigenvalue weighted by Gasteiger charge is 2.14. The summed E-state index contributed by atoms with van der Waals surface area (Å²) in [4.78, 5) is 14.0. The van der Waals surface area contributed by atoms with Crippen molar-refractivity contribution in [3.8, 4) is 5.75 Å². The summed E-state index contributed by atoms with van der Waals surface area (Å²) < 4.78 is 5.17. The first-order valence-corrected chi connectivity index (χ1v) is 5.42. The number of likely N-dealkylation sites (N-methyl/N-ethyl adjacent to an activating group) is 1. The predicted molar refractivity (Wildman–Crippen MR) is 65.1 cm³/mol. The van der Waals surface area contributed by atoms with Gasteiger partial charge < -0.3 is 4.74 Å². The Bertz CT molecular complexity index is 361. The summed E-state index contributed by atoms with van der Waals surface area (Å²) >= 11 is 0. The topological polar surface area (TPSA) is 29.5 Å². The number of methoxy groups -OCH3 is 1. The van der Waals surface area contributed by atoms with Crippen molar-refractivity contribution in [1.82, 2.24) is 4.90 Å². The molecule has 88 valence electrons. The lowest BCUT2D eigenvalue weighted by Gasteiger charge is -2.20. The molecule has 3 nitrogen and oxygen atoms in total. The van der Waals surface area contributed by atoms with Crippen LogP contribution in [0.5, 0.6) is 5.75 Å². The molecule has 0 aliphatic rings. The van der Waals surface area contributed by atoms with E-state index in [0.717, 1.165) is 0 Å². The summed E-state index contributed by atoms with van der Waals surface area (Å²) in [5.41, 5.74) is 0.650. The fraction of sp³-hybridized carbons (Fsp3) is 0.462. The maximum absolute atomic E-state index is 12.0. The first-order valence-electron chi connectivity index (χ1n) is 5.42. The van der Waals surface area contributed by atoms with Crippen molar-refractivity contribution in [2.24, 2.45) is 0 Å². The van der Waals surface area contributed by atoms with Crippen LogP contribution in [0.15, 0.2) is 24.3 Å². The van der Waals surface area contributed by atoms with Crippen molar-refractivity contribution in [3.05, 3.63) is 29.8 Å². The van der Waals surface area contributed by atoms with Gasteiger partial charge in [0.2, 0.25) is 0 Å². The van der Waals surface area contributed by atoms with Gasteiger partial charge in [-0.3, -0.25) is 9.69 Å². The standard InChI is InChI=1S/C13H19NO2/c1-10(2)14(3)9-12(15)11-7-5-6-8-13(11)16-4/h5-8,10H,9H2,1-4H3. The lowest BCUT2D eigenvalue weighted by molar-refractivity contribution is 0.0926. The van der Waals surface area contributed by atoms with Crippen LogP contribution >= 0.6 is 0 Å². The van der Waals surface area contributed by atoms with Gasteiger partial charge in [-0.15, -0.1) is 0 Å². The SMILES string of the molecule is COc1ccccc1C(=O)CN(C)C(C)C. The van der Waals surface area contributed by atoms with Crippen molar-refractivity contribution >= 4 is 5.78 Å². The highest BCUT2D eigenvalue weighted by atomic mass is 16.5. The van der Waals surface area contributed by atoms with Crippen LogP contribution in [0.3, 0.4) is 0 Å². The minimum absolute atomic E-state index is 0.0913. The normalized spacial score (nSPS) is 10.9. The molecule has 1 aromatic rings. The molecule has 3 heteroatoms. The molecule has 0 amide bonds. The Hall–Kier alpha value is -1.35. The van der Waals surface area contributed by atoms with Crippen LogP contribution in [0.1, 0.15) is 24.2 Å². The van der Waals surface area contributed by atoms with Gasteiger partial charge in [0.15, 0.2) is 5.78 Å². The smallest absolute Gasteiger partial charge is 0.180 e. The van der Waals surface area contributed by atoms with Crippen molar-refractivity contribution in [1.29, 1.82) is 0 Å². The first-order chi connectivity index (χ1) is 7.56. The molecule has 1 aromatic carbocycles. The van der Waals surface area contributed by atoms with E-state index in [2.05, 4.69) is 13.8 Å². The molecule has 0 aromatic heterocycles. The second kappa shape index (κ2) is 5.66. The molecule has 0 atom stereocenters. The number of hydrogen-bond acceptors (Lipinski definition) is 3. The molecular weight excluding hydrogens is 202 g/mol. The zero-order chi connectivity index (χ0) is 12.1. The third kappa shape index (κ3) is 3.07. The minimum Gasteiger partial charge on any atom is -0.496 e. The van der Waals surface area contributed by atoms with Gasteiger partial charge in [-0.1, -0.05) is 12.1 Å². The number of rotatable bonds is 5. The monoisotopic (exact) mass is 221 g/mol. The Labute approximate surface area is 97.0 Å². The van der Waals surface area contributed by atoms with Crippen LogP contribution in [0, 0.1) is 0 Å². The lowest BCUT2D eigenvalue weighted by Crippen LogP contribution is -2.32. The summed E-state index contributed by atoms with van der Waals surface area (Å²) in [5.74, 6) is 0.735. The zero-order valence-corrected chi connectivity index (χ0v) is 10.4. The molecule has 0 radical (unpaired) electrons. The van der Waals surface area contributed by atoms with Crippen LogP contribution < -0.4 is 4.74 Å². The number of carbonyl (C=O) groups is 1. The molecule has 0 spiro atoms. The Morgan fingerprint density at radius 1 is 1.38 bits per heavy atom. The number of benzene rings is 1. The summed E-state index contributed by atoms with van der Waals surface area (Å²) in [6.07, 6.45) is 0. The Kier molecular flexibility index (Phi) is 4.50. The number of Topliss-reactive ketones (excluding diaryl/α,β-unsaturated/α-hetero) is 1. The fourth-order valence-corrected chi connectivity index (χ4v) is 1.37. The molecule has 16 heavy (non-hydrogen) atoms. The molecule has 0 unspecified atom stereocenters. The van der Waals surface area contributed by atoms with Crippen molar-refractivity contribution in [3.63, 3.8) is 0 Å². The van der Waals surface area contributed by atoms with Crippen LogP contribution in [0.4, 0.5) is 0 Å². The molecule has 0 aliphatic heterocycles. The Morgan fingerprint density at radius 3 is 2.56 bits per heavy atom. The molecule has 0 fully saturated rings. The predicted octanol–water partition coefficient (Wildman–Crippen LogP) is 2.22. The number of nitrogens with zero attached hydrogens (tertiary/aromatic N) is 1. The van der Waals surface area contributed by atoms with E-state index >= 15 is 0 Å². The molecule has 0 heterocycles. The fourth-order valence-electron chi connectivity index (χ4n) is 1.37. The van der Waals surface area contributed by atoms with Crippen LogP contribution in [0.25, 0.3) is 0 Å². The summed E-state index contributed by atoms with van der Waals surface area (Å²) in [6, 6.07) is 7.68. The number of ether oxygens (including phenoxy) is 1. The summed E-state index contributed by atoms with van der Waals surface area (Å²) in [5, 5.41) is 0. The highest BCUT2D eigenvalue weighted by Crippen LogP contribution is 2.18. The van der Waals surface area contributed by atoms with Gasteiger partial charge in [-0.25, -0.2) is 0 Å². The number of ketones is 1. The number of para-hydroxylation sites is 1. The third-order valence-electron chi connectivity index (χ3n) is 2.68. The van der Waals surface area contributed by atoms with E-state index in [-0.39, 0.29) is 5.78 Å². The second-order valence-electron chi connectivity index (χ2n) is 4.13. The average Bonchev–Trinajstić information content (AvgIpc) is 2.28. The molecule has 0 bridgehead atoms. The zero-order valence-electron chi connectivity index (χ0n) is 10.4. The summed E-state index contributed by atoms with van der Waals surface area (Å²) in [7, 11) is 3.52. The average molecular weight is 221 g/mol. The van der Waals surface area contributed by atoms with Crippen LogP contribution in [-0.2, 0) is 0 Å². The van der Waals surface area contributed by atoms with Crippen molar-refractivity contribution in [2.75, 3.05) is 20.7 Å². The molecule has 0 aliphatic carbocycles. The van der Waals surface area contributed by atoms with E-state index in [1.807, 2.05) is 30.1 Å². The molecule has 0 saturated heterocycles. The van der Waals surface area contributed by atoms with Gasteiger partial charge in [0, 0.05) is 6.04 Å². The van der Waals surface area contributed by atoms with E-state index in [1.54, 1.807) is 13.2 Å². The molecule has 0 saturated carbocycles. The van der Waals surface area contributed by atoms with Gasteiger partial charge in [-0.2, -0.15) is 0 Å². The highest BCUT2D eigenvalue weighted by molar-refractivity contribution is 6.00. The Balaban J connectivity index is 2.80. The van der Waals surface area contributed by atoms with Crippen molar-refractivity contribution < 1.29 is 9.53 Å². The minimum atomic E-state index is 0.0913. The second-order valence-corrected chi connectivity index (χ2v) is 4.13. The van der Waals surface area contributed by atoms with Gasteiger partial charge in [0.1, 0.15) is 5.75 Å². The van der Waals surface area contributed by atoms with Gasteiger partial charge in [0.05, 0.1) is 19.2 Å². The Morgan fingerprint density at radius 2 is 2.00 bits per heavy atom. The third-order valence-corrected chi connectivity index (χ3v) is 2.68. The maximum atomic E-state index is 12.0.